The Balaban J connectivity index is 1.63. The van der Waals surface area contributed by atoms with Gasteiger partial charge in [0.1, 0.15) is 0 Å². The quantitative estimate of drug-likeness (QED) is 0.396. The maximum absolute atomic E-state index is 13.1. The number of terminal acetylenes is 1. The van der Waals surface area contributed by atoms with E-state index in [1.54, 1.807) is 5.57 Å². The Kier molecular flexibility index (Phi) is 5.06. The lowest BCUT2D eigenvalue weighted by Crippen LogP contribution is -2.61. The minimum atomic E-state index is -0.106. The number of hydrogen-bond donors (Lipinski definition) is 0. The highest BCUT2D eigenvalue weighted by Gasteiger charge is 2.66. The Morgan fingerprint density at radius 1 is 1.03 bits per heavy atom. The Bertz CT molecular complexity index is 1120. The van der Waals surface area contributed by atoms with Gasteiger partial charge in [0, 0.05) is 16.4 Å². The first-order valence-electron chi connectivity index (χ1n) is 13.4. The minimum absolute atomic E-state index is 0.0100. The van der Waals surface area contributed by atoms with Crippen molar-refractivity contribution in [3.63, 3.8) is 0 Å². The fourth-order valence-electron chi connectivity index (χ4n) is 8.90. The summed E-state index contributed by atoms with van der Waals surface area (Å²) in [5, 5.41) is 0. The fraction of sp³-hybridized carbons (Fsp3) is 0.656. The van der Waals surface area contributed by atoms with E-state index in [1.807, 2.05) is 19.9 Å². The molecular formula is C32H42O2. The second-order valence-electron chi connectivity index (χ2n) is 13.2. The Hall–Kier alpha value is -2.01. The van der Waals surface area contributed by atoms with Gasteiger partial charge in [0.2, 0.25) is 5.78 Å². The molecule has 182 valence electrons. The minimum Gasteiger partial charge on any atom is -0.489 e. The summed E-state index contributed by atoms with van der Waals surface area (Å²) < 4.78 is 5.76. The van der Waals surface area contributed by atoms with Crippen LogP contribution >= 0.6 is 0 Å². The lowest BCUT2D eigenvalue weighted by atomic mass is 9.34. The average Bonchev–Trinajstić information content (AvgIpc) is 2.80. The van der Waals surface area contributed by atoms with Gasteiger partial charge in [-0.25, -0.2) is 0 Å². The van der Waals surface area contributed by atoms with Crippen molar-refractivity contribution < 1.29 is 9.53 Å². The number of carbonyl (C=O) groups excluding carboxylic acids is 1. The summed E-state index contributed by atoms with van der Waals surface area (Å²) in [4.78, 5) is 13.1. The first-order chi connectivity index (χ1) is 15.9. The van der Waals surface area contributed by atoms with Crippen molar-refractivity contribution in [2.45, 2.75) is 93.4 Å². The third-order valence-electron chi connectivity index (χ3n) is 11.5. The topological polar surface area (TPSA) is 26.3 Å². The SMILES string of the molecule is C#C[C@]1(C)CC[C@]2(C)CC[C@]3(C)C4=CC=C5C(=CC(=O)C(OCC)=C5C)[C@]4(C)CC[C@@]3(C)[C@@H]2C1. The largest absolute Gasteiger partial charge is 0.489 e. The predicted octanol–water partition coefficient (Wildman–Crippen LogP) is 7.72. The summed E-state index contributed by atoms with van der Waals surface area (Å²) in [7, 11) is 0. The van der Waals surface area contributed by atoms with Gasteiger partial charge in [0.05, 0.1) is 6.61 Å². The number of ether oxygens (including phenoxy) is 1. The highest BCUT2D eigenvalue weighted by atomic mass is 16.5. The smallest absolute Gasteiger partial charge is 0.220 e. The van der Waals surface area contributed by atoms with Gasteiger partial charge in [0.25, 0.3) is 0 Å². The second-order valence-corrected chi connectivity index (χ2v) is 13.2. The molecule has 0 amide bonds. The van der Waals surface area contributed by atoms with Crippen molar-refractivity contribution in [3.05, 3.63) is 46.3 Å². The summed E-state index contributed by atoms with van der Waals surface area (Å²) >= 11 is 0. The molecule has 5 aliphatic rings. The fourth-order valence-corrected chi connectivity index (χ4v) is 8.90. The molecule has 0 saturated heterocycles. The van der Waals surface area contributed by atoms with E-state index in [9.17, 15) is 4.79 Å². The van der Waals surface area contributed by atoms with E-state index in [-0.39, 0.29) is 27.4 Å². The molecule has 0 spiro atoms. The maximum atomic E-state index is 13.1. The normalized spacial score (nSPS) is 45.5. The van der Waals surface area contributed by atoms with Crippen molar-refractivity contribution in [3.8, 4) is 12.3 Å². The summed E-state index contributed by atoms with van der Waals surface area (Å²) in [5.41, 5.74) is 5.52. The van der Waals surface area contributed by atoms with Crippen molar-refractivity contribution >= 4 is 5.78 Å². The lowest BCUT2D eigenvalue weighted by molar-refractivity contribution is -0.154. The van der Waals surface area contributed by atoms with Crippen LogP contribution in [0.2, 0.25) is 0 Å². The molecule has 0 bridgehead atoms. The molecule has 2 nitrogen and oxygen atoms in total. The van der Waals surface area contributed by atoms with E-state index >= 15 is 0 Å². The molecule has 0 aliphatic heterocycles. The summed E-state index contributed by atoms with van der Waals surface area (Å²) in [6, 6.07) is 0. The van der Waals surface area contributed by atoms with Gasteiger partial charge < -0.3 is 4.74 Å². The molecule has 0 heterocycles. The molecule has 3 fully saturated rings. The molecule has 0 aromatic carbocycles. The van der Waals surface area contributed by atoms with Crippen LogP contribution in [0, 0.1) is 45.3 Å². The molecule has 5 aliphatic carbocycles. The van der Waals surface area contributed by atoms with E-state index in [0.29, 0.717) is 23.7 Å². The van der Waals surface area contributed by atoms with E-state index < -0.39 is 0 Å². The van der Waals surface area contributed by atoms with Crippen LogP contribution in [0.4, 0.5) is 0 Å². The van der Waals surface area contributed by atoms with Crippen molar-refractivity contribution in [2.24, 2.45) is 33.0 Å². The summed E-state index contributed by atoms with van der Waals surface area (Å²) in [6.45, 7) is 16.9. The predicted molar refractivity (Wildman–Crippen MR) is 139 cm³/mol. The standard InChI is InChI=1S/C32H42O2/c1-9-28(4)13-14-29(5)15-17-31(7)25-12-11-22-21(3)27(34-10-2)24(33)19-23(22)30(25,6)16-18-32(31,8)26(29)20-28/h1,11-12,19,26H,10,13-18,20H2,2-8H3/t26-,28-,29-,30+,31-,32+/m1/s1. The highest BCUT2D eigenvalue weighted by molar-refractivity contribution is 6.07. The lowest BCUT2D eigenvalue weighted by Gasteiger charge is -2.70. The van der Waals surface area contributed by atoms with Crippen LogP contribution < -0.4 is 0 Å². The molecule has 0 aromatic heterocycles. The molecule has 3 saturated carbocycles. The monoisotopic (exact) mass is 458 g/mol. The van der Waals surface area contributed by atoms with E-state index in [2.05, 4.69) is 52.7 Å². The number of carbonyl (C=O) groups is 1. The summed E-state index contributed by atoms with van der Waals surface area (Å²) in [6.07, 6.45) is 21.0. The molecule has 34 heavy (non-hydrogen) atoms. The maximum Gasteiger partial charge on any atom is 0.220 e. The Morgan fingerprint density at radius 2 is 1.74 bits per heavy atom. The zero-order chi connectivity index (χ0) is 24.7. The van der Waals surface area contributed by atoms with E-state index in [1.165, 1.54) is 36.8 Å². The van der Waals surface area contributed by atoms with Crippen molar-refractivity contribution in [1.82, 2.24) is 0 Å². The third-order valence-corrected chi connectivity index (χ3v) is 11.5. The van der Waals surface area contributed by atoms with Crippen molar-refractivity contribution in [2.75, 3.05) is 6.61 Å². The number of ketones is 1. The molecule has 5 rings (SSSR count). The molecule has 0 aromatic rings. The average molecular weight is 459 g/mol. The molecule has 0 N–H and O–H groups in total. The van der Waals surface area contributed by atoms with Crippen LogP contribution in [-0.2, 0) is 9.53 Å². The molecule has 0 unspecified atom stereocenters. The van der Waals surface area contributed by atoms with Crippen LogP contribution in [0.3, 0.4) is 0 Å². The number of hydrogen-bond acceptors (Lipinski definition) is 2. The van der Waals surface area contributed by atoms with E-state index in [4.69, 9.17) is 11.2 Å². The van der Waals surface area contributed by atoms with Crippen LogP contribution in [0.25, 0.3) is 0 Å². The van der Waals surface area contributed by atoms with Crippen LogP contribution in [0.5, 0.6) is 0 Å². The Morgan fingerprint density at radius 3 is 2.41 bits per heavy atom. The zero-order valence-electron chi connectivity index (χ0n) is 22.4. The van der Waals surface area contributed by atoms with Gasteiger partial charge in [0.15, 0.2) is 5.76 Å². The summed E-state index contributed by atoms with van der Waals surface area (Å²) in [5.74, 6) is 4.37. The van der Waals surface area contributed by atoms with Crippen LogP contribution in [0.15, 0.2) is 46.3 Å². The first kappa shape index (κ1) is 23.7. The van der Waals surface area contributed by atoms with Gasteiger partial charge in [-0.05, 0) is 105 Å². The van der Waals surface area contributed by atoms with E-state index in [0.717, 1.165) is 24.8 Å². The molecule has 6 atom stereocenters. The number of fused-ring (bicyclic) bond motifs is 7. The first-order valence-corrected chi connectivity index (χ1v) is 13.4. The van der Waals surface area contributed by atoms with Gasteiger partial charge in [-0.15, -0.1) is 12.3 Å². The van der Waals surface area contributed by atoms with Gasteiger partial charge in [-0.1, -0.05) is 45.4 Å². The Labute approximate surface area is 207 Å². The van der Waals surface area contributed by atoms with Crippen molar-refractivity contribution in [1.29, 1.82) is 0 Å². The molecular weight excluding hydrogens is 416 g/mol. The second kappa shape index (κ2) is 7.25. The van der Waals surface area contributed by atoms with Crippen LogP contribution in [0.1, 0.15) is 93.4 Å². The molecule has 0 radical (unpaired) electrons. The molecule has 2 heteroatoms. The zero-order valence-corrected chi connectivity index (χ0v) is 22.4. The van der Waals surface area contributed by atoms with Crippen LogP contribution in [-0.4, -0.2) is 12.4 Å². The van der Waals surface area contributed by atoms with Gasteiger partial charge in [-0.2, -0.15) is 0 Å². The third kappa shape index (κ3) is 2.85. The number of allylic oxidation sites excluding steroid dienone is 7. The number of rotatable bonds is 2. The highest BCUT2D eigenvalue weighted by Crippen LogP contribution is 2.75. The van der Waals surface area contributed by atoms with Gasteiger partial charge >= 0.3 is 0 Å². The van der Waals surface area contributed by atoms with Gasteiger partial charge in [-0.3, -0.25) is 4.79 Å².